The van der Waals surface area contributed by atoms with Crippen molar-refractivity contribution >= 4 is 10.8 Å². The van der Waals surface area contributed by atoms with Gasteiger partial charge >= 0.3 is 0 Å². The highest BCUT2D eigenvalue weighted by Crippen LogP contribution is 2.54. The molecule has 3 atom stereocenters. The van der Waals surface area contributed by atoms with Gasteiger partial charge in [0.2, 0.25) is 0 Å². The van der Waals surface area contributed by atoms with E-state index in [9.17, 15) is 5.11 Å². The second kappa shape index (κ2) is 6.15. The molecule has 3 aromatic carbocycles. The molecule has 26 heavy (non-hydrogen) atoms. The number of rotatable bonds is 4. The Morgan fingerprint density at radius 2 is 1.54 bits per heavy atom. The molecule has 1 heterocycles. The maximum absolute atomic E-state index is 10.6. The second-order valence-electron chi connectivity index (χ2n) is 7.20. The Morgan fingerprint density at radius 1 is 0.808 bits per heavy atom. The topological polar surface area (TPSA) is 33.4 Å². The maximum Gasteiger partial charge on any atom is 0.0981 e. The van der Waals surface area contributed by atoms with Crippen molar-refractivity contribution in [2.75, 3.05) is 0 Å². The van der Waals surface area contributed by atoms with Crippen LogP contribution >= 0.6 is 0 Å². The van der Waals surface area contributed by atoms with Gasteiger partial charge in [-0.05, 0) is 46.6 Å². The number of fused-ring (bicyclic) bond motifs is 1. The van der Waals surface area contributed by atoms with E-state index >= 15 is 0 Å². The first-order chi connectivity index (χ1) is 12.8. The van der Waals surface area contributed by atoms with Gasteiger partial charge in [0.1, 0.15) is 0 Å². The Bertz CT molecular complexity index is 1030. The van der Waals surface area contributed by atoms with Crippen molar-refractivity contribution in [1.29, 1.82) is 0 Å². The van der Waals surface area contributed by atoms with Crippen molar-refractivity contribution in [3.63, 3.8) is 0 Å². The first-order valence-corrected chi connectivity index (χ1v) is 9.09. The van der Waals surface area contributed by atoms with Gasteiger partial charge in [0.25, 0.3) is 0 Å². The third kappa shape index (κ3) is 2.73. The van der Waals surface area contributed by atoms with Gasteiger partial charge in [-0.3, -0.25) is 0 Å². The van der Waals surface area contributed by atoms with Crippen LogP contribution < -0.4 is 0 Å². The van der Waals surface area contributed by atoms with Crippen molar-refractivity contribution in [2.24, 2.45) is 5.92 Å². The third-order valence-corrected chi connectivity index (χ3v) is 5.54. The highest BCUT2D eigenvalue weighted by Gasteiger charge is 2.43. The largest absolute Gasteiger partial charge is 0.471 e. The van der Waals surface area contributed by atoms with E-state index < -0.39 is 0 Å². The molecule has 1 saturated carbocycles. The number of hydrogen-bond acceptors (Lipinski definition) is 2. The van der Waals surface area contributed by atoms with Crippen LogP contribution in [-0.4, -0.2) is 5.11 Å². The highest BCUT2D eigenvalue weighted by atomic mass is 16.3. The summed E-state index contributed by atoms with van der Waals surface area (Å²) >= 11 is 0. The van der Waals surface area contributed by atoms with Crippen LogP contribution in [0.2, 0.25) is 0 Å². The number of furan rings is 1. The molecule has 1 aromatic heterocycles. The summed E-state index contributed by atoms with van der Waals surface area (Å²) in [5, 5.41) is 12.8. The highest BCUT2D eigenvalue weighted by molar-refractivity contribution is 5.86. The monoisotopic (exact) mass is 340 g/mol. The zero-order valence-corrected chi connectivity index (χ0v) is 14.4. The van der Waals surface area contributed by atoms with Gasteiger partial charge in [-0.15, -0.1) is 0 Å². The lowest BCUT2D eigenvalue weighted by Crippen LogP contribution is -2.00. The fourth-order valence-electron chi connectivity index (χ4n) is 3.91. The molecule has 0 amide bonds. The van der Waals surface area contributed by atoms with Gasteiger partial charge in [0.05, 0.1) is 18.6 Å². The number of aliphatic hydroxyl groups is 1. The van der Waals surface area contributed by atoms with Gasteiger partial charge in [-0.25, -0.2) is 0 Å². The standard InChI is InChI=1S/C24H20O2/c25-24(18-4-2-1-3-5-18)23-13-22(23)17-8-6-16(7-9-17)19-10-11-20-14-26-15-21(20)12-19/h1-12,14-15,22-25H,13H2. The van der Waals surface area contributed by atoms with Crippen LogP contribution in [0, 0.1) is 5.92 Å². The van der Waals surface area contributed by atoms with E-state index in [1.165, 1.54) is 16.7 Å². The average Bonchev–Trinajstić information content (AvgIpc) is 3.37. The molecule has 0 spiro atoms. The SMILES string of the molecule is OC(c1ccccc1)C1CC1c1ccc(-c2ccc3cocc3c2)cc1. The molecule has 1 aliphatic rings. The minimum absolute atomic E-state index is 0.325. The summed E-state index contributed by atoms with van der Waals surface area (Å²) in [5.41, 5.74) is 4.74. The Hall–Kier alpha value is -2.84. The molecule has 0 saturated heterocycles. The zero-order valence-electron chi connectivity index (χ0n) is 14.4. The molecule has 0 radical (unpaired) electrons. The van der Waals surface area contributed by atoms with Gasteiger partial charge < -0.3 is 9.52 Å². The van der Waals surface area contributed by atoms with Crippen molar-refractivity contribution in [3.05, 3.63) is 96.4 Å². The Labute approximate surface area is 152 Å². The molecule has 0 bridgehead atoms. The quantitative estimate of drug-likeness (QED) is 0.499. The van der Waals surface area contributed by atoms with E-state index in [1.807, 2.05) is 30.3 Å². The molecule has 2 nitrogen and oxygen atoms in total. The summed E-state index contributed by atoms with van der Waals surface area (Å²) in [6.45, 7) is 0. The average molecular weight is 340 g/mol. The van der Waals surface area contributed by atoms with Crippen molar-refractivity contribution in [3.8, 4) is 11.1 Å². The summed E-state index contributed by atoms with van der Waals surface area (Å²) < 4.78 is 5.26. The minimum atomic E-state index is -0.371. The first kappa shape index (κ1) is 15.4. The third-order valence-electron chi connectivity index (χ3n) is 5.54. The second-order valence-corrected chi connectivity index (χ2v) is 7.20. The molecule has 2 heteroatoms. The van der Waals surface area contributed by atoms with E-state index in [2.05, 4.69) is 42.5 Å². The Morgan fingerprint density at radius 3 is 2.35 bits per heavy atom. The minimum Gasteiger partial charge on any atom is -0.471 e. The van der Waals surface area contributed by atoms with Gasteiger partial charge in [-0.2, -0.15) is 0 Å². The molecule has 128 valence electrons. The van der Waals surface area contributed by atoms with E-state index in [1.54, 1.807) is 12.5 Å². The Kier molecular flexibility index (Phi) is 3.65. The van der Waals surface area contributed by atoms with Crippen molar-refractivity contribution in [2.45, 2.75) is 18.4 Å². The van der Waals surface area contributed by atoms with Crippen LogP contribution in [0.15, 0.2) is 89.7 Å². The van der Waals surface area contributed by atoms with Crippen LogP contribution in [0.25, 0.3) is 21.9 Å². The Balaban J connectivity index is 1.34. The summed E-state index contributed by atoms with van der Waals surface area (Å²) in [4.78, 5) is 0. The van der Waals surface area contributed by atoms with Crippen LogP contribution in [0.4, 0.5) is 0 Å². The van der Waals surface area contributed by atoms with E-state index in [4.69, 9.17) is 4.42 Å². The molecule has 1 fully saturated rings. The van der Waals surface area contributed by atoms with E-state index in [0.717, 1.165) is 22.8 Å². The number of hydrogen-bond donors (Lipinski definition) is 1. The lowest BCUT2D eigenvalue weighted by molar-refractivity contribution is 0.151. The summed E-state index contributed by atoms with van der Waals surface area (Å²) in [6, 6.07) is 25.1. The lowest BCUT2D eigenvalue weighted by atomic mass is 9.98. The van der Waals surface area contributed by atoms with Crippen LogP contribution in [-0.2, 0) is 0 Å². The lowest BCUT2D eigenvalue weighted by Gasteiger charge is -2.11. The van der Waals surface area contributed by atoms with E-state index in [-0.39, 0.29) is 6.10 Å². The molecule has 4 aromatic rings. The molecule has 5 rings (SSSR count). The molecular weight excluding hydrogens is 320 g/mol. The summed E-state index contributed by atoms with van der Waals surface area (Å²) in [7, 11) is 0. The number of aliphatic hydroxyl groups excluding tert-OH is 1. The maximum atomic E-state index is 10.6. The van der Waals surface area contributed by atoms with Crippen LogP contribution in [0.5, 0.6) is 0 Å². The predicted octanol–water partition coefficient (Wildman–Crippen LogP) is 5.94. The van der Waals surface area contributed by atoms with Crippen LogP contribution in [0.1, 0.15) is 29.6 Å². The smallest absolute Gasteiger partial charge is 0.0981 e. The molecule has 1 aliphatic carbocycles. The van der Waals surface area contributed by atoms with Crippen LogP contribution in [0.3, 0.4) is 0 Å². The number of benzene rings is 3. The van der Waals surface area contributed by atoms with Gasteiger partial charge in [0.15, 0.2) is 0 Å². The molecule has 1 N–H and O–H groups in total. The first-order valence-electron chi connectivity index (χ1n) is 9.09. The van der Waals surface area contributed by atoms with Gasteiger partial charge in [-0.1, -0.05) is 66.7 Å². The fraction of sp³-hybridized carbons (Fsp3) is 0.167. The summed E-state index contributed by atoms with van der Waals surface area (Å²) in [5.74, 6) is 0.779. The predicted molar refractivity (Wildman–Crippen MR) is 104 cm³/mol. The molecule has 3 unspecified atom stereocenters. The molecular formula is C24H20O2. The summed E-state index contributed by atoms with van der Waals surface area (Å²) in [6.07, 6.45) is 4.24. The normalized spacial score (nSPS) is 20.2. The van der Waals surface area contributed by atoms with Crippen molar-refractivity contribution < 1.29 is 9.52 Å². The zero-order chi connectivity index (χ0) is 17.5. The molecule has 0 aliphatic heterocycles. The van der Waals surface area contributed by atoms with E-state index in [0.29, 0.717) is 11.8 Å². The van der Waals surface area contributed by atoms with Crippen molar-refractivity contribution in [1.82, 2.24) is 0 Å². The fourth-order valence-corrected chi connectivity index (χ4v) is 3.91. The van der Waals surface area contributed by atoms with Gasteiger partial charge in [0, 0.05) is 10.8 Å².